The number of hydrogen-bond donors (Lipinski definition) is 0. The number of nitriles is 1. The van der Waals surface area contributed by atoms with E-state index >= 15 is 0 Å². The molecule has 3 heteroatoms. The van der Waals surface area contributed by atoms with E-state index in [2.05, 4.69) is 17.0 Å². The third-order valence-electron chi connectivity index (χ3n) is 4.80. The first-order valence-electron chi connectivity index (χ1n) is 8.01. The number of aromatic nitrogens is 1. The molecule has 1 heterocycles. The second-order valence-electron chi connectivity index (χ2n) is 6.72. The highest BCUT2D eigenvalue weighted by Crippen LogP contribution is 2.37. The van der Waals surface area contributed by atoms with Crippen LogP contribution in [0.15, 0.2) is 6.07 Å². The quantitative estimate of drug-likeness (QED) is 0.823. The van der Waals surface area contributed by atoms with Crippen molar-refractivity contribution in [3.8, 4) is 6.07 Å². The summed E-state index contributed by atoms with van der Waals surface area (Å²) in [6.07, 6.45) is 8.81. The van der Waals surface area contributed by atoms with Gasteiger partial charge >= 0.3 is 0 Å². The monoisotopic (exact) mass is 267 g/mol. The van der Waals surface area contributed by atoms with Crippen LogP contribution in [0.2, 0.25) is 0 Å². The van der Waals surface area contributed by atoms with Crippen LogP contribution in [0.5, 0.6) is 0 Å². The number of pyridine rings is 1. The standard InChI is InChI=1S/C17H21N3/c18-9-15-8-14-2-1-3-16(14)19-17(15)20(10-12-4-5-12)11-13-6-7-13/h8,12-13H,1-7,10-11H2. The van der Waals surface area contributed by atoms with Crippen LogP contribution in [0.3, 0.4) is 0 Å². The van der Waals surface area contributed by atoms with Crippen LogP contribution < -0.4 is 4.90 Å². The minimum Gasteiger partial charge on any atom is -0.355 e. The summed E-state index contributed by atoms with van der Waals surface area (Å²) in [5.74, 6) is 2.66. The minimum atomic E-state index is 0.798. The Morgan fingerprint density at radius 3 is 2.45 bits per heavy atom. The van der Waals surface area contributed by atoms with E-state index < -0.39 is 0 Å². The van der Waals surface area contributed by atoms with Crippen LogP contribution >= 0.6 is 0 Å². The van der Waals surface area contributed by atoms with Gasteiger partial charge in [0.05, 0.1) is 5.56 Å². The van der Waals surface area contributed by atoms with Gasteiger partial charge in [-0.15, -0.1) is 0 Å². The van der Waals surface area contributed by atoms with Gasteiger partial charge in [-0.3, -0.25) is 0 Å². The van der Waals surface area contributed by atoms with Gasteiger partial charge in [-0.05, 0) is 68.4 Å². The Kier molecular flexibility index (Phi) is 2.91. The van der Waals surface area contributed by atoms with Gasteiger partial charge in [-0.25, -0.2) is 4.98 Å². The average molecular weight is 267 g/mol. The van der Waals surface area contributed by atoms with Crippen molar-refractivity contribution in [3.05, 3.63) is 22.9 Å². The van der Waals surface area contributed by atoms with Crippen molar-refractivity contribution in [2.45, 2.75) is 44.9 Å². The van der Waals surface area contributed by atoms with E-state index in [-0.39, 0.29) is 0 Å². The lowest BCUT2D eigenvalue weighted by molar-refractivity contribution is 0.669. The van der Waals surface area contributed by atoms with Gasteiger partial charge in [-0.2, -0.15) is 5.26 Å². The Morgan fingerprint density at radius 2 is 1.85 bits per heavy atom. The molecule has 1 aromatic rings. The molecular formula is C17H21N3. The number of fused-ring (bicyclic) bond motifs is 1. The number of anilines is 1. The zero-order chi connectivity index (χ0) is 13.5. The van der Waals surface area contributed by atoms with Crippen LogP contribution in [-0.2, 0) is 12.8 Å². The van der Waals surface area contributed by atoms with Crippen LogP contribution in [0.1, 0.15) is 48.9 Å². The zero-order valence-corrected chi connectivity index (χ0v) is 11.9. The highest BCUT2D eigenvalue weighted by atomic mass is 15.2. The Balaban J connectivity index is 1.67. The van der Waals surface area contributed by atoms with Crippen molar-refractivity contribution in [2.75, 3.05) is 18.0 Å². The molecular weight excluding hydrogens is 246 g/mol. The summed E-state index contributed by atoms with van der Waals surface area (Å²) >= 11 is 0. The summed E-state index contributed by atoms with van der Waals surface area (Å²) in [4.78, 5) is 7.31. The fourth-order valence-electron chi connectivity index (χ4n) is 3.26. The summed E-state index contributed by atoms with van der Waals surface area (Å²) in [7, 11) is 0. The molecule has 2 saturated carbocycles. The van der Waals surface area contributed by atoms with Crippen LogP contribution in [0, 0.1) is 23.2 Å². The topological polar surface area (TPSA) is 39.9 Å². The predicted molar refractivity (Wildman–Crippen MR) is 78.6 cm³/mol. The minimum absolute atomic E-state index is 0.798. The number of hydrogen-bond acceptors (Lipinski definition) is 3. The molecule has 2 fully saturated rings. The van der Waals surface area contributed by atoms with E-state index in [0.29, 0.717) is 0 Å². The maximum absolute atomic E-state index is 9.48. The largest absolute Gasteiger partial charge is 0.355 e. The van der Waals surface area contributed by atoms with Crippen LogP contribution in [-0.4, -0.2) is 18.1 Å². The molecule has 0 bridgehead atoms. The molecule has 104 valence electrons. The van der Waals surface area contributed by atoms with Crippen molar-refractivity contribution in [1.29, 1.82) is 5.26 Å². The highest BCUT2D eigenvalue weighted by Gasteiger charge is 2.31. The molecule has 4 rings (SSSR count). The third-order valence-corrected chi connectivity index (χ3v) is 4.80. The summed E-state index contributed by atoms with van der Waals surface area (Å²) in [5, 5.41) is 9.48. The molecule has 1 aromatic heterocycles. The molecule has 0 spiro atoms. The van der Waals surface area contributed by atoms with Gasteiger partial charge in [0.25, 0.3) is 0 Å². The maximum atomic E-state index is 9.48. The third kappa shape index (κ3) is 2.40. The molecule has 0 amide bonds. The van der Waals surface area contributed by atoms with E-state index in [9.17, 15) is 5.26 Å². The smallest absolute Gasteiger partial charge is 0.146 e. The second kappa shape index (κ2) is 4.77. The fraction of sp³-hybridized carbons (Fsp3) is 0.647. The van der Waals surface area contributed by atoms with Gasteiger partial charge in [-0.1, -0.05) is 0 Å². The van der Waals surface area contributed by atoms with E-state index in [1.54, 1.807) is 0 Å². The average Bonchev–Trinajstić information content (AvgIpc) is 3.38. The van der Waals surface area contributed by atoms with E-state index in [4.69, 9.17) is 4.98 Å². The first kappa shape index (κ1) is 12.2. The highest BCUT2D eigenvalue weighted by molar-refractivity contribution is 5.57. The predicted octanol–water partition coefficient (Wildman–Crippen LogP) is 3.07. The van der Waals surface area contributed by atoms with Crippen molar-refractivity contribution >= 4 is 5.82 Å². The lowest BCUT2D eigenvalue weighted by Gasteiger charge is -2.25. The number of rotatable bonds is 5. The molecule has 0 N–H and O–H groups in total. The molecule has 0 atom stereocenters. The van der Waals surface area contributed by atoms with Gasteiger partial charge < -0.3 is 4.90 Å². The maximum Gasteiger partial charge on any atom is 0.146 e. The molecule has 0 saturated heterocycles. The van der Waals surface area contributed by atoms with Crippen molar-refractivity contribution < 1.29 is 0 Å². The van der Waals surface area contributed by atoms with Crippen molar-refractivity contribution in [2.24, 2.45) is 11.8 Å². The van der Waals surface area contributed by atoms with Crippen molar-refractivity contribution in [1.82, 2.24) is 4.98 Å². The normalized spacial score (nSPS) is 20.6. The molecule has 0 aromatic carbocycles. The lowest BCUT2D eigenvalue weighted by atomic mass is 10.1. The SMILES string of the molecule is N#Cc1cc2c(nc1N(CC1CC1)CC1CC1)CCC2. The zero-order valence-electron chi connectivity index (χ0n) is 11.9. The molecule has 3 aliphatic rings. The van der Waals surface area contributed by atoms with Crippen LogP contribution in [0.4, 0.5) is 5.82 Å². The number of nitrogens with zero attached hydrogens (tertiary/aromatic N) is 3. The molecule has 3 nitrogen and oxygen atoms in total. The summed E-state index contributed by atoms with van der Waals surface area (Å²) in [5.41, 5.74) is 3.35. The summed E-state index contributed by atoms with van der Waals surface area (Å²) in [6, 6.07) is 4.50. The Bertz CT molecular complexity index is 550. The molecule has 0 unspecified atom stereocenters. The summed E-state index contributed by atoms with van der Waals surface area (Å²) in [6.45, 7) is 2.22. The van der Waals surface area contributed by atoms with E-state index in [1.165, 1.54) is 43.4 Å². The van der Waals surface area contributed by atoms with Gasteiger partial charge in [0, 0.05) is 18.8 Å². The van der Waals surface area contributed by atoms with Crippen LogP contribution in [0.25, 0.3) is 0 Å². The fourth-order valence-corrected chi connectivity index (χ4v) is 3.26. The van der Waals surface area contributed by atoms with Gasteiger partial charge in [0.2, 0.25) is 0 Å². The van der Waals surface area contributed by atoms with Gasteiger partial charge in [0.1, 0.15) is 11.9 Å². The first-order chi connectivity index (χ1) is 9.83. The first-order valence-corrected chi connectivity index (χ1v) is 8.01. The lowest BCUT2D eigenvalue weighted by Crippen LogP contribution is -2.30. The Morgan fingerprint density at radius 1 is 1.15 bits per heavy atom. The second-order valence-corrected chi connectivity index (χ2v) is 6.72. The molecule has 0 aliphatic heterocycles. The van der Waals surface area contributed by atoms with E-state index in [1.807, 2.05) is 0 Å². The summed E-state index contributed by atoms with van der Waals surface area (Å²) < 4.78 is 0. The molecule has 20 heavy (non-hydrogen) atoms. The van der Waals surface area contributed by atoms with Gasteiger partial charge in [0.15, 0.2) is 0 Å². The molecule has 3 aliphatic carbocycles. The molecule has 0 radical (unpaired) electrons. The number of aryl methyl sites for hydroxylation is 2. The van der Waals surface area contributed by atoms with Crippen molar-refractivity contribution in [3.63, 3.8) is 0 Å². The Hall–Kier alpha value is -1.56. The Labute approximate surface area is 120 Å². The van der Waals surface area contributed by atoms with E-state index in [0.717, 1.165) is 49.1 Å².